The van der Waals surface area contributed by atoms with Gasteiger partial charge in [0.25, 0.3) is 10.0 Å². The smallest absolute Gasteiger partial charge is 0.263 e. The van der Waals surface area contributed by atoms with Gasteiger partial charge >= 0.3 is 0 Å². The molecule has 0 bridgehead atoms. The molecule has 2 aromatic carbocycles. The monoisotopic (exact) mass is 372 g/mol. The van der Waals surface area contributed by atoms with Gasteiger partial charge in [0.2, 0.25) is 0 Å². The van der Waals surface area contributed by atoms with Crippen LogP contribution in [0.1, 0.15) is 16.9 Å². The van der Waals surface area contributed by atoms with Crippen molar-refractivity contribution in [3.63, 3.8) is 0 Å². The Kier molecular flexibility index (Phi) is 5.11. The van der Waals surface area contributed by atoms with Crippen molar-refractivity contribution in [2.75, 3.05) is 11.8 Å². The van der Waals surface area contributed by atoms with Crippen LogP contribution in [0.3, 0.4) is 0 Å². The predicted octanol–water partition coefficient (Wildman–Crippen LogP) is 3.91. The largest absolute Gasteiger partial charge is 0.380 e. The zero-order valence-corrected chi connectivity index (χ0v) is 15.6. The van der Waals surface area contributed by atoms with Gasteiger partial charge in [0.1, 0.15) is 5.76 Å². The Morgan fingerprint density at radius 3 is 2.35 bits per heavy atom. The van der Waals surface area contributed by atoms with Crippen LogP contribution in [-0.4, -0.2) is 20.7 Å². The van der Waals surface area contributed by atoms with Crippen LogP contribution in [0.5, 0.6) is 0 Å². The highest BCUT2D eigenvalue weighted by atomic mass is 32.2. The molecule has 26 heavy (non-hydrogen) atoms. The van der Waals surface area contributed by atoms with E-state index in [4.69, 9.17) is 9.26 Å². The fourth-order valence-electron chi connectivity index (χ4n) is 2.68. The number of hydrogen-bond acceptors (Lipinski definition) is 5. The van der Waals surface area contributed by atoms with E-state index in [2.05, 4.69) is 9.88 Å². The Labute approximate surface area is 152 Å². The lowest BCUT2D eigenvalue weighted by Crippen LogP contribution is -2.15. The van der Waals surface area contributed by atoms with Crippen molar-refractivity contribution in [2.45, 2.75) is 25.3 Å². The number of benzene rings is 2. The van der Waals surface area contributed by atoms with E-state index in [0.29, 0.717) is 23.5 Å². The van der Waals surface area contributed by atoms with E-state index in [1.54, 1.807) is 39.2 Å². The van der Waals surface area contributed by atoms with Crippen molar-refractivity contribution in [1.29, 1.82) is 0 Å². The predicted molar refractivity (Wildman–Crippen MR) is 99.4 cm³/mol. The molecule has 3 rings (SSSR count). The van der Waals surface area contributed by atoms with Gasteiger partial charge in [0.15, 0.2) is 5.82 Å². The van der Waals surface area contributed by atoms with Crippen molar-refractivity contribution in [2.24, 2.45) is 0 Å². The molecule has 7 heteroatoms. The maximum absolute atomic E-state index is 13.0. The van der Waals surface area contributed by atoms with E-state index in [9.17, 15) is 8.42 Å². The molecule has 0 radical (unpaired) electrons. The second kappa shape index (κ2) is 7.31. The van der Waals surface area contributed by atoms with E-state index >= 15 is 0 Å². The topological polar surface area (TPSA) is 81.4 Å². The van der Waals surface area contributed by atoms with Crippen LogP contribution in [-0.2, 0) is 21.4 Å². The number of anilines is 1. The number of aryl methyl sites for hydroxylation is 1. The minimum Gasteiger partial charge on any atom is -0.380 e. The first-order valence-electron chi connectivity index (χ1n) is 8.06. The lowest BCUT2D eigenvalue weighted by molar-refractivity contribution is 0.185. The number of nitrogens with zero attached hydrogens (tertiary/aromatic N) is 1. The Morgan fingerprint density at radius 1 is 1.04 bits per heavy atom. The summed E-state index contributed by atoms with van der Waals surface area (Å²) in [5, 5.41) is 3.79. The summed E-state index contributed by atoms with van der Waals surface area (Å²) in [4.78, 5) is 0.170. The van der Waals surface area contributed by atoms with Crippen molar-refractivity contribution in [1.82, 2.24) is 5.16 Å². The Morgan fingerprint density at radius 2 is 1.69 bits per heavy atom. The van der Waals surface area contributed by atoms with Crippen LogP contribution in [0.25, 0.3) is 11.1 Å². The van der Waals surface area contributed by atoms with Gasteiger partial charge in [-0.05, 0) is 31.0 Å². The van der Waals surface area contributed by atoms with Gasteiger partial charge in [-0.1, -0.05) is 47.6 Å². The molecule has 0 saturated heterocycles. The third kappa shape index (κ3) is 3.49. The van der Waals surface area contributed by atoms with Crippen molar-refractivity contribution < 1.29 is 17.7 Å². The summed E-state index contributed by atoms with van der Waals surface area (Å²) >= 11 is 0. The molecule has 3 aromatic rings. The molecule has 0 aliphatic heterocycles. The van der Waals surface area contributed by atoms with Crippen LogP contribution in [0.15, 0.2) is 57.9 Å². The minimum absolute atomic E-state index is 0.170. The first-order chi connectivity index (χ1) is 12.4. The fourth-order valence-corrected chi connectivity index (χ4v) is 3.96. The summed E-state index contributed by atoms with van der Waals surface area (Å²) in [6.07, 6.45) is 0. The van der Waals surface area contributed by atoms with Gasteiger partial charge in [0.05, 0.1) is 11.5 Å². The van der Waals surface area contributed by atoms with Gasteiger partial charge in [-0.15, -0.1) is 0 Å². The number of methoxy groups -OCH3 is 1. The van der Waals surface area contributed by atoms with Crippen molar-refractivity contribution >= 4 is 15.8 Å². The van der Waals surface area contributed by atoms with E-state index < -0.39 is 10.0 Å². The molecule has 0 atom stereocenters. The molecule has 0 amide bonds. The molecule has 6 nitrogen and oxygen atoms in total. The number of aromatic nitrogens is 1. The van der Waals surface area contributed by atoms with Gasteiger partial charge in [-0.3, -0.25) is 4.72 Å². The Balaban J connectivity index is 2.09. The van der Waals surface area contributed by atoms with E-state index in [1.807, 2.05) is 30.3 Å². The van der Waals surface area contributed by atoms with E-state index in [1.165, 1.54) is 0 Å². The molecule has 0 aliphatic rings. The van der Waals surface area contributed by atoms with E-state index in [-0.39, 0.29) is 10.7 Å². The Hall–Kier alpha value is -2.64. The molecule has 0 fully saturated rings. The summed E-state index contributed by atoms with van der Waals surface area (Å²) in [6, 6.07) is 14.4. The van der Waals surface area contributed by atoms with Crippen molar-refractivity contribution in [3.8, 4) is 11.1 Å². The van der Waals surface area contributed by atoms with Crippen LogP contribution in [0.2, 0.25) is 0 Å². The minimum atomic E-state index is -3.85. The van der Waals surface area contributed by atoms with Crippen LogP contribution >= 0.6 is 0 Å². The molecule has 0 unspecified atom stereocenters. The molecular weight excluding hydrogens is 352 g/mol. The number of nitrogens with one attached hydrogen (secondary N) is 1. The van der Waals surface area contributed by atoms with Crippen LogP contribution < -0.4 is 4.72 Å². The zero-order valence-electron chi connectivity index (χ0n) is 14.8. The summed E-state index contributed by atoms with van der Waals surface area (Å²) in [7, 11) is -2.24. The van der Waals surface area contributed by atoms with Gasteiger partial charge in [0, 0.05) is 18.2 Å². The fraction of sp³-hybridized carbons (Fsp3) is 0.211. The third-order valence-electron chi connectivity index (χ3n) is 4.17. The average molecular weight is 372 g/mol. The maximum atomic E-state index is 13.0. The second-order valence-electron chi connectivity index (χ2n) is 5.90. The lowest BCUT2D eigenvalue weighted by Gasteiger charge is -2.14. The highest BCUT2D eigenvalue weighted by molar-refractivity contribution is 7.92. The van der Waals surface area contributed by atoms with Crippen molar-refractivity contribution in [3.05, 3.63) is 65.4 Å². The number of hydrogen-bond donors (Lipinski definition) is 1. The third-order valence-corrected chi connectivity index (χ3v) is 5.57. The second-order valence-corrected chi connectivity index (χ2v) is 7.56. The molecule has 1 aromatic heterocycles. The molecular formula is C19H20N2O4S. The molecule has 1 heterocycles. The van der Waals surface area contributed by atoms with Gasteiger partial charge in [-0.2, -0.15) is 0 Å². The normalized spacial score (nSPS) is 11.5. The summed E-state index contributed by atoms with van der Waals surface area (Å²) < 4.78 is 38.8. The number of sulfonamides is 1. The standard InChI is InChI=1S/C19H20N2O4S/c1-13-14(2)25-20-19(13)21-26(22,23)18-11-7-6-10-17(18)16-9-5-4-8-15(16)12-24-3/h4-11H,12H2,1-3H3,(H,20,21). The number of rotatable bonds is 6. The average Bonchev–Trinajstić information content (AvgIpc) is 2.94. The summed E-state index contributed by atoms with van der Waals surface area (Å²) in [5.74, 6) is 0.768. The quantitative estimate of drug-likeness (QED) is 0.709. The molecule has 136 valence electrons. The first kappa shape index (κ1) is 18.2. The van der Waals surface area contributed by atoms with Gasteiger partial charge in [-0.25, -0.2) is 8.42 Å². The molecule has 0 spiro atoms. The zero-order chi connectivity index (χ0) is 18.7. The SMILES string of the molecule is COCc1ccccc1-c1ccccc1S(=O)(=O)Nc1noc(C)c1C. The summed E-state index contributed by atoms with van der Waals surface area (Å²) in [5.41, 5.74) is 2.98. The first-order valence-corrected chi connectivity index (χ1v) is 9.54. The molecule has 1 N–H and O–H groups in total. The highest BCUT2D eigenvalue weighted by Crippen LogP contribution is 2.32. The molecule has 0 saturated carbocycles. The highest BCUT2D eigenvalue weighted by Gasteiger charge is 2.23. The van der Waals surface area contributed by atoms with Gasteiger partial charge < -0.3 is 9.26 Å². The summed E-state index contributed by atoms with van der Waals surface area (Å²) in [6.45, 7) is 3.87. The number of ether oxygens (including phenoxy) is 1. The lowest BCUT2D eigenvalue weighted by atomic mass is 10.0. The maximum Gasteiger partial charge on any atom is 0.263 e. The van der Waals surface area contributed by atoms with E-state index in [0.717, 1.165) is 11.1 Å². The Bertz CT molecular complexity index is 1030. The van der Waals surface area contributed by atoms with Crippen LogP contribution in [0.4, 0.5) is 5.82 Å². The molecule has 0 aliphatic carbocycles. The van der Waals surface area contributed by atoms with Crippen LogP contribution in [0, 0.1) is 13.8 Å².